The van der Waals surface area contributed by atoms with Crippen LogP contribution in [0.1, 0.15) is 29.5 Å². The minimum atomic E-state index is -5.08. The Morgan fingerprint density at radius 1 is 0.889 bits per heavy atom. The first kappa shape index (κ1) is 27.4. The molecule has 0 amide bonds. The smallest absolute Gasteiger partial charge is 0.475 e. The zero-order chi connectivity index (χ0) is 26.0. The summed E-state index contributed by atoms with van der Waals surface area (Å²) in [6.07, 6.45) is -2.65. The highest BCUT2D eigenvalue weighted by atomic mass is 19.4. The van der Waals surface area contributed by atoms with E-state index in [1.807, 2.05) is 0 Å². The number of carboxylic acid groups (broad SMARTS) is 1. The first-order chi connectivity index (χ1) is 17.2. The Balaban J connectivity index is 0.000000454. The Kier molecular flexibility index (Phi) is 10.0. The molecule has 1 aliphatic heterocycles. The van der Waals surface area contributed by atoms with Crippen LogP contribution in [-0.4, -0.2) is 41.3 Å². The molecule has 0 aliphatic carbocycles. The van der Waals surface area contributed by atoms with Gasteiger partial charge in [-0.25, -0.2) is 4.79 Å². The number of alkyl halides is 3. The Bertz CT molecular complexity index is 1080. The van der Waals surface area contributed by atoms with Crippen LogP contribution in [0.15, 0.2) is 78.9 Å². The van der Waals surface area contributed by atoms with E-state index in [0.29, 0.717) is 12.6 Å². The molecule has 3 aromatic rings. The summed E-state index contributed by atoms with van der Waals surface area (Å²) in [4.78, 5) is 11.5. The molecule has 3 aromatic carbocycles. The zero-order valence-corrected chi connectivity index (χ0v) is 20.0. The second-order valence-electron chi connectivity index (χ2n) is 8.82. The Morgan fingerprint density at radius 3 is 2.08 bits per heavy atom. The van der Waals surface area contributed by atoms with E-state index in [2.05, 4.69) is 89.1 Å². The predicted molar refractivity (Wildman–Crippen MR) is 135 cm³/mol. The van der Waals surface area contributed by atoms with Crippen molar-refractivity contribution in [2.24, 2.45) is 5.73 Å². The number of hydrogen-bond donors (Lipinski definition) is 3. The third-order valence-electron chi connectivity index (χ3n) is 6.12. The Morgan fingerprint density at radius 2 is 1.50 bits per heavy atom. The summed E-state index contributed by atoms with van der Waals surface area (Å²) < 4.78 is 31.7. The number of carboxylic acids is 1. The van der Waals surface area contributed by atoms with Gasteiger partial charge in [-0.1, -0.05) is 72.8 Å². The van der Waals surface area contributed by atoms with Gasteiger partial charge in [0.2, 0.25) is 0 Å². The van der Waals surface area contributed by atoms with Crippen molar-refractivity contribution in [3.63, 3.8) is 0 Å². The number of halogens is 3. The number of aliphatic carboxylic acids is 1. The number of piperidine rings is 1. The fourth-order valence-corrected chi connectivity index (χ4v) is 4.09. The van der Waals surface area contributed by atoms with E-state index in [0.717, 1.165) is 13.1 Å². The van der Waals surface area contributed by atoms with Gasteiger partial charge in [0.25, 0.3) is 0 Å². The molecule has 0 bridgehead atoms. The minimum Gasteiger partial charge on any atom is -0.475 e. The maximum Gasteiger partial charge on any atom is 0.490 e. The summed E-state index contributed by atoms with van der Waals surface area (Å²) in [5.41, 5.74) is 12.2. The van der Waals surface area contributed by atoms with E-state index in [1.165, 1.54) is 53.7 Å². The summed E-state index contributed by atoms with van der Waals surface area (Å²) in [6.45, 7) is 4.93. The largest absolute Gasteiger partial charge is 0.490 e. The van der Waals surface area contributed by atoms with Crippen LogP contribution < -0.4 is 11.1 Å². The number of nitrogens with one attached hydrogen (secondary N) is 1. The SMILES string of the molecule is NCc1cccc(-c2ccc(CNC3CCN(Cc4ccccc4)CC3)cc2)c1.O=C(O)C(F)(F)F. The van der Waals surface area contributed by atoms with Crippen molar-refractivity contribution in [3.8, 4) is 11.1 Å². The monoisotopic (exact) mass is 499 g/mol. The van der Waals surface area contributed by atoms with Crippen molar-refractivity contribution in [1.82, 2.24) is 10.2 Å². The average Bonchev–Trinajstić information content (AvgIpc) is 2.89. The second-order valence-corrected chi connectivity index (χ2v) is 8.82. The second kappa shape index (κ2) is 13.2. The molecule has 8 heteroatoms. The van der Waals surface area contributed by atoms with E-state index in [4.69, 9.17) is 15.6 Å². The van der Waals surface area contributed by atoms with Gasteiger partial charge in [-0.05, 0) is 59.8 Å². The molecule has 5 nitrogen and oxygen atoms in total. The number of nitrogens with two attached hydrogens (primary N) is 1. The molecule has 0 saturated carbocycles. The van der Waals surface area contributed by atoms with E-state index < -0.39 is 12.1 Å². The molecule has 1 heterocycles. The van der Waals surface area contributed by atoms with Crippen molar-refractivity contribution in [2.75, 3.05) is 13.1 Å². The molecule has 1 saturated heterocycles. The number of hydrogen-bond acceptors (Lipinski definition) is 4. The Hall–Kier alpha value is -3.20. The molecular formula is C28H32F3N3O2. The molecular weight excluding hydrogens is 467 g/mol. The first-order valence-corrected chi connectivity index (χ1v) is 11.9. The van der Waals surface area contributed by atoms with E-state index >= 15 is 0 Å². The molecule has 0 aromatic heterocycles. The highest BCUT2D eigenvalue weighted by molar-refractivity contribution is 5.73. The molecule has 0 radical (unpaired) electrons. The number of benzene rings is 3. The maximum absolute atomic E-state index is 10.6. The van der Waals surface area contributed by atoms with Gasteiger partial charge >= 0.3 is 12.1 Å². The summed E-state index contributed by atoms with van der Waals surface area (Å²) in [7, 11) is 0. The van der Waals surface area contributed by atoms with Gasteiger partial charge in [-0.15, -0.1) is 0 Å². The van der Waals surface area contributed by atoms with E-state index in [1.54, 1.807) is 0 Å². The van der Waals surface area contributed by atoms with Gasteiger partial charge in [-0.2, -0.15) is 13.2 Å². The fraction of sp³-hybridized carbons (Fsp3) is 0.321. The molecule has 4 rings (SSSR count). The summed E-state index contributed by atoms with van der Waals surface area (Å²) >= 11 is 0. The van der Waals surface area contributed by atoms with Crippen LogP contribution in [0.4, 0.5) is 13.2 Å². The van der Waals surface area contributed by atoms with Crippen LogP contribution in [0.25, 0.3) is 11.1 Å². The maximum atomic E-state index is 10.6. The molecule has 36 heavy (non-hydrogen) atoms. The quantitative estimate of drug-likeness (QED) is 0.417. The van der Waals surface area contributed by atoms with Gasteiger partial charge in [0.1, 0.15) is 0 Å². The molecule has 0 atom stereocenters. The molecule has 1 fully saturated rings. The topological polar surface area (TPSA) is 78.6 Å². The molecule has 0 unspecified atom stereocenters. The summed E-state index contributed by atoms with van der Waals surface area (Å²) in [6, 6.07) is 28.8. The number of nitrogens with zero attached hydrogens (tertiary/aromatic N) is 1. The van der Waals surface area contributed by atoms with Crippen molar-refractivity contribution < 1.29 is 23.1 Å². The number of carbonyl (C=O) groups is 1. The van der Waals surface area contributed by atoms with E-state index in [9.17, 15) is 13.2 Å². The van der Waals surface area contributed by atoms with Crippen LogP contribution in [0, 0.1) is 0 Å². The van der Waals surface area contributed by atoms with Gasteiger partial charge in [-0.3, -0.25) is 4.90 Å². The van der Waals surface area contributed by atoms with Crippen molar-refractivity contribution >= 4 is 5.97 Å². The fourth-order valence-electron chi connectivity index (χ4n) is 4.09. The van der Waals surface area contributed by atoms with Gasteiger partial charge in [0.05, 0.1) is 0 Å². The average molecular weight is 500 g/mol. The highest BCUT2D eigenvalue weighted by Gasteiger charge is 2.38. The third-order valence-corrected chi connectivity index (χ3v) is 6.12. The Labute approximate surface area is 209 Å². The summed E-state index contributed by atoms with van der Waals surface area (Å²) in [5.74, 6) is -2.76. The predicted octanol–water partition coefficient (Wildman–Crippen LogP) is 5.20. The number of likely N-dealkylation sites (tertiary alicyclic amines) is 1. The lowest BCUT2D eigenvalue weighted by molar-refractivity contribution is -0.192. The molecule has 1 aliphatic rings. The standard InChI is InChI=1S/C26H31N3.C2HF3O2/c27-18-23-7-4-8-25(17-23)24-11-9-21(10-12-24)19-28-26-13-15-29(16-14-26)20-22-5-2-1-3-6-22;3-2(4,5)1(6)7/h1-12,17,26,28H,13-16,18-20,27H2;(H,6,7). The van der Waals surface area contributed by atoms with Crippen molar-refractivity contribution in [1.29, 1.82) is 0 Å². The summed E-state index contributed by atoms with van der Waals surface area (Å²) in [5, 5.41) is 10.9. The van der Waals surface area contributed by atoms with Crippen molar-refractivity contribution in [3.05, 3.63) is 95.6 Å². The highest BCUT2D eigenvalue weighted by Crippen LogP contribution is 2.21. The number of rotatable bonds is 7. The van der Waals surface area contributed by atoms with Gasteiger partial charge in [0, 0.05) is 25.7 Å². The normalized spacial score (nSPS) is 14.7. The minimum absolute atomic E-state index is 0.583. The van der Waals surface area contributed by atoms with Crippen LogP contribution >= 0.6 is 0 Å². The lowest BCUT2D eigenvalue weighted by Gasteiger charge is -2.32. The van der Waals surface area contributed by atoms with Crippen LogP contribution in [0.5, 0.6) is 0 Å². The molecule has 4 N–H and O–H groups in total. The lowest BCUT2D eigenvalue weighted by Crippen LogP contribution is -2.41. The van der Waals surface area contributed by atoms with Crippen LogP contribution in [-0.2, 0) is 24.4 Å². The zero-order valence-electron chi connectivity index (χ0n) is 20.0. The van der Waals surface area contributed by atoms with Crippen LogP contribution in [0.3, 0.4) is 0 Å². The van der Waals surface area contributed by atoms with E-state index in [-0.39, 0.29) is 0 Å². The van der Waals surface area contributed by atoms with Gasteiger partial charge in [0.15, 0.2) is 0 Å². The van der Waals surface area contributed by atoms with Gasteiger partial charge < -0.3 is 16.2 Å². The van der Waals surface area contributed by atoms with Crippen molar-refractivity contribution in [2.45, 2.75) is 44.7 Å². The lowest BCUT2D eigenvalue weighted by atomic mass is 10.0. The van der Waals surface area contributed by atoms with Crippen LogP contribution in [0.2, 0.25) is 0 Å². The third kappa shape index (κ3) is 8.78. The molecule has 0 spiro atoms. The first-order valence-electron chi connectivity index (χ1n) is 11.9. The molecule has 192 valence electrons.